The third kappa shape index (κ3) is 5.19. The van der Waals surface area contributed by atoms with E-state index in [0.717, 1.165) is 19.3 Å². The lowest BCUT2D eigenvalue weighted by atomic mass is 9.79. The molecule has 0 aliphatic heterocycles. The second kappa shape index (κ2) is 5.53. The van der Waals surface area contributed by atoms with Crippen LogP contribution in [0.1, 0.15) is 67.2 Å². The summed E-state index contributed by atoms with van der Waals surface area (Å²) in [6.07, 6.45) is 3.73. The van der Waals surface area contributed by atoms with Gasteiger partial charge in [-0.05, 0) is 20.3 Å². The minimum atomic E-state index is -0.393. The maximum Gasteiger partial charge on any atom is 0.306 e. The second-order valence-electron chi connectivity index (χ2n) is 5.69. The van der Waals surface area contributed by atoms with Crippen LogP contribution in [0.25, 0.3) is 0 Å². The number of hydrogen-bond acceptors (Lipinski definition) is 2. The van der Waals surface area contributed by atoms with Crippen molar-refractivity contribution in [2.75, 3.05) is 0 Å². The zero-order valence-electron chi connectivity index (χ0n) is 11.1. The molecule has 0 saturated heterocycles. The van der Waals surface area contributed by atoms with Crippen molar-refractivity contribution in [3.05, 3.63) is 0 Å². The average molecular weight is 214 g/mol. The quantitative estimate of drug-likeness (QED) is 0.512. The molecule has 0 rings (SSSR count). The summed E-state index contributed by atoms with van der Waals surface area (Å²) in [7, 11) is 0. The Morgan fingerprint density at radius 3 is 2.00 bits per heavy atom. The summed E-state index contributed by atoms with van der Waals surface area (Å²) < 4.78 is 5.51. The van der Waals surface area contributed by atoms with Crippen LogP contribution in [0.4, 0.5) is 0 Å². The van der Waals surface area contributed by atoms with Crippen LogP contribution in [0.5, 0.6) is 0 Å². The molecule has 0 N–H and O–H groups in total. The minimum Gasteiger partial charge on any atom is -0.459 e. The van der Waals surface area contributed by atoms with Crippen LogP contribution in [0.2, 0.25) is 0 Å². The zero-order chi connectivity index (χ0) is 12.1. The van der Waals surface area contributed by atoms with E-state index in [4.69, 9.17) is 4.74 Å². The minimum absolute atomic E-state index is 0.0204. The van der Waals surface area contributed by atoms with Gasteiger partial charge in [-0.3, -0.25) is 4.79 Å². The van der Waals surface area contributed by atoms with Gasteiger partial charge in [0.25, 0.3) is 0 Å². The number of hydrogen-bond donors (Lipinski definition) is 0. The summed E-state index contributed by atoms with van der Waals surface area (Å²) in [4.78, 5) is 11.6. The number of ether oxygens (including phenoxy) is 1. The third-order valence-electron chi connectivity index (χ3n) is 3.16. The topological polar surface area (TPSA) is 26.3 Å². The van der Waals surface area contributed by atoms with Crippen molar-refractivity contribution in [1.29, 1.82) is 0 Å². The average Bonchev–Trinajstić information content (AvgIpc) is 2.01. The maximum absolute atomic E-state index is 11.6. The van der Waals surface area contributed by atoms with Gasteiger partial charge in [-0.1, -0.05) is 40.5 Å². The van der Waals surface area contributed by atoms with Gasteiger partial charge in [0.1, 0.15) is 5.60 Å². The molecule has 0 aromatic carbocycles. The first-order chi connectivity index (χ1) is 6.70. The molecule has 0 amide bonds. The summed E-state index contributed by atoms with van der Waals surface area (Å²) in [5.41, 5.74) is -0.413. The lowest BCUT2D eigenvalue weighted by molar-refractivity contribution is -0.167. The molecule has 0 bridgehead atoms. The largest absolute Gasteiger partial charge is 0.459 e. The first-order valence-electron chi connectivity index (χ1n) is 5.92. The van der Waals surface area contributed by atoms with Crippen LogP contribution in [-0.2, 0) is 9.53 Å². The number of unbranched alkanes of at least 4 members (excludes halogenated alkanes) is 2. The molecular weight excluding hydrogens is 188 g/mol. The molecule has 0 fully saturated rings. The molecule has 15 heavy (non-hydrogen) atoms. The Hall–Kier alpha value is -0.530. The summed E-state index contributed by atoms with van der Waals surface area (Å²) in [6, 6.07) is 0. The number of rotatable bonds is 5. The van der Waals surface area contributed by atoms with Crippen molar-refractivity contribution in [2.24, 2.45) is 5.41 Å². The van der Waals surface area contributed by atoms with E-state index in [1.807, 2.05) is 13.8 Å². The van der Waals surface area contributed by atoms with Gasteiger partial charge >= 0.3 is 5.97 Å². The van der Waals surface area contributed by atoms with E-state index in [0.29, 0.717) is 6.42 Å². The molecular formula is C13H26O2. The monoisotopic (exact) mass is 214 g/mol. The van der Waals surface area contributed by atoms with Crippen molar-refractivity contribution in [2.45, 2.75) is 72.8 Å². The third-order valence-corrected chi connectivity index (χ3v) is 3.16. The van der Waals surface area contributed by atoms with E-state index in [2.05, 4.69) is 27.7 Å². The van der Waals surface area contributed by atoms with E-state index in [1.165, 1.54) is 0 Å². The molecule has 2 heteroatoms. The van der Waals surface area contributed by atoms with Gasteiger partial charge in [0.15, 0.2) is 0 Å². The molecule has 0 heterocycles. The van der Waals surface area contributed by atoms with Crippen LogP contribution in [0, 0.1) is 5.41 Å². The molecule has 0 atom stereocenters. The fourth-order valence-electron chi connectivity index (χ4n) is 1.01. The summed E-state index contributed by atoms with van der Waals surface area (Å²) in [5.74, 6) is -0.0663. The van der Waals surface area contributed by atoms with E-state index in [9.17, 15) is 4.79 Å². The van der Waals surface area contributed by atoms with Crippen molar-refractivity contribution >= 4 is 5.97 Å². The molecule has 0 spiro atoms. The van der Waals surface area contributed by atoms with Crippen molar-refractivity contribution in [1.82, 2.24) is 0 Å². The van der Waals surface area contributed by atoms with Gasteiger partial charge in [-0.2, -0.15) is 0 Å². The Kier molecular flexibility index (Phi) is 5.33. The molecule has 0 aliphatic rings. The highest BCUT2D eigenvalue weighted by atomic mass is 16.6. The fraction of sp³-hybridized carbons (Fsp3) is 0.923. The van der Waals surface area contributed by atoms with E-state index >= 15 is 0 Å². The number of carbonyl (C=O) groups is 1. The van der Waals surface area contributed by atoms with Crippen LogP contribution >= 0.6 is 0 Å². The van der Waals surface area contributed by atoms with Crippen molar-refractivity contribution in [3.8, 4) is 0 Å². The Balaban J connectivity index is 4.06. The maximum atomic E-state index is 11.6. The lowest BCUT2D eigenvalue weighted by Gasteiger charge is -2.38. The standard InChI is InChI=1S/C13H26O2/c1-7-8-9-10-11(14)15-13(5,6)12(2,3)4/h7-10H2,1-6H3. The van der Waals surface area contributed by atoms with Gasteiger partial charge < -0.3 is 4.74 Å². The normalized spacial score (nSPS) is 12.7. The fourth-order valence-corrected chi connectivity index (χ4v) is 1.01. The van der Waals surface area contributed by atoms with Gasteiger partial charge in [0.05, 0.1) is 0 Å². The lowest BCUT2D eigenvalue weighted by Crippen LogP contribution is -2.41. The van der Waals surface area contributed by atoms with E-state index in [1.54, 1.807) is 0 Å². The van der Waals surface area contributed by atoms with Gasteiger partial charge in [-0.25, -0.2) is 0 Å². The summed E-state index contributed by atoms with van der Waals surface area (Å²) in [5, 5.41) is 0. The van der Waals surface area contributed by atoms with Crippen molar-refractivity contribution in [3.63, 3.8) is 0 Å². The predicted molar refractivity (Wildman–Crippen MR) is 63.8 cm³/mol. The molecule has 0 aromatic heterocycles. The Morgan fingerprint density at radius 2 is 1.60 bits per heavy atom. The van der Waals surface area contributed by atoms with Gasteiger partial charge in [0.2, 0.25) is 0 Å². The Labute approximate surface area is 94.4 Å². The molecule has 0 unspecified atom stereocenters. The SMILES string of the molecule is CCCCCC(=O)OC(C)(C)C(C)(C)C. The van der Waals surface area contributed by atoms with Crippen LogP contribution in [0.3, 0.4) is 0 Å². The van der Waals surface area contributed by atoms with Crippen LogP contribution in [0.15, 0.2) is 0 Å². The van der Waals surface area contributed by atoms with Gasteiger partial charge in [-0.15, -0.1) is 0 Å². The number of esters is 1. The molecule has 90 valence electrons. The van der Waals surface area contributed by atoms with Crippen molar-refractivity contribution < 1.29 is 9.53 Å². The molecule has 0 aromatic rings. The first kappa shape index (κ1) is 14.5. The number of carbonyl (C=O) groups excluding carboxylic acids is 1. The highest BCUT2D eigenvalue weighted by Crippen LogP contribution is 2.33. The molecule has 2 nitrogen and oxygen atoms in total. The molecule has 0 aliphatic carbocycles. The van der Waals surface area contributed by atoms with Gasteiger partial charge in [0, 0.05) is 11.8 Å². The molecule has 0 saturated carbocycles. The van der Waals surface area contributed by atoms with Crippen LogP contribution in [-0.4, -0.2) is 11.6 Å². The van der Waals surface area contributed by atoms with E-state index in [-0.39, 0.29) is 11.4 Å². The van der Waals surface area contributed by atoms with E-state index < -0.39 is 5.60 Å². The first-order valence-corrected chi connectivity index (χ1v) is 5.92. The molecule has 0 radical (unpaired) electrons. The van der Waals surface area contributed by atoms with Crippen LogP contribution < -0.4 is 0 Å². The highest BCUT2D eigenvalue weighted by molar-refractivity contribution is 5.69. The Morgan fingerprint density at radius 1 is 1.07 bits per heavy atom. The zero-order valence-corrected chi connectivity index (χ0v) is 11.1. The Bertz CT molecular complexity index is 199. The summed E-state index contributed by atoms with van der Waals surface area (Å²) >= 11 is 0. The highest BCUT2D eigenvalue weighted by Gasteiger charge is 2.36. The second-order valence-corrected chi connectivity index (χ2v) is 5.69. The predicted octanol–water partition coefficient (Wildman–Crippen LogP) is 3.93. The summed E-state index contributed by atoms with van der Waals surface area (Å²) in [6.45, 7) is 12.4. The smallest absolute Gasteiger partial charge is 0.306 e.